The molecule has 0 radical (unpaired) electrons. The second-order valence-electron chi connectivity index (χ2n) is 3.78. The zero-order valence-electron chi connectivity index (χ0n) is 10.6. The topological polar surface area (TPSA) is 101 Å². The van der Waals surface area contributed by atoms with Gasteiger partial charge in [-0.2, -0.15) is 0 Å². The molecule has 0 atom stereocenters. The predicted molar refractivity (Wildman–Crippen MR) is 64.0 cm³/mol. The molecular formula is C10H14F2N2O5S. The SMILES string of the molecule is COCCOC(=O)c1cc(S(N)(=O)=O)cn1CC(F)F. The first kappa shape index (κ1) is 16.5. The van der Waals surface area contributed by atoms with E-state index in [0.717, 1.165) is 16.8 Å². The molecule has 1 aromatic heterocycles. The van der Waals surface area contributed by atoms with E-state index in [1.165, 1.54) is 7.11 Å². The van der Waals surface area contributed by atoms with E-state index in [1.54, 1.807) is 0 Å². The summed E-state index contributed by atoms with van der Waals surface area (Å²) in [4.78, 5) is 11.2. The number of ether oxygens (including phenoxy) is 2. The fourth-order valence-electron chi connectivity index (χ4n) is 1.40. The van der Waals surface area contributed by atoms with Crippen LogP contribution in [0.1, 0.15) is 10.5 Å². The Bertz CT molecular complexity index is 570. The van der Waals surface area contributed by atoms with Gasteiger partial charge in [-0.25, -0.2) is 27.1 Å². The van der Waals surface area contributed by atoms with Crippen LogP contribution in [0, 0.1) is 0 Å². The van der Waals surface area contributed by atoms with Gasteiger partial charge in [0.25, 0.3) is 6.43 Å². The Kier molecular flexibility index (Phi) is 5.60. The van der Waals surface area contributed by atoms with Crippen LogP contribution in [0.15, 0.2) is 17.2 Å². The summed E-state index contributed by atoms with van der Waals surface area (Å²) in [6.07, 6.45) is -1.89. The van der Waals surface area contributed by atoms with Crippen LogP contribution >= 0.6 is 0 Å². The number of hydrogen-bond acceptors (Lipinski definition) is 5. The Balaban J connectivity index is 3.02. The Morgan fingerprint density at radius 3 is 2.60 bits per heavy atom. The fourth-order valence-corrected chi connectivity index (χ4v) is 1.95. The van der Waals surface area contributed by atoms with E-state index in [1.807, 2.05) is 0 Å². The van der Waals surface area contributed by atoms with Gasteiger partial charge in [0.15, 0.2) is 0 Å². The van der Waals surface area contributed by atoms with Crippen molar-refractivity contribution in [1.29, 1.82) is 0 Å². The van der Waals surface area contributed by atoms with Crippen molar-refractivity contribution in [2.45, 2.75) is 17.9 Å². The monoisotopic (exact) mass is 312 g/mol. The number of rotatable bonds is 7. The number of carbonyl (C=O) groups is 1. The zero-order valence-corrected chi connectivity index (χ0v) is 11.4. The molecule has 0 aliphatic carbocycles. The normalized spacial score (nSPS) is 11.8. The number of primary sulfonamides is 1. The van der Waals surface area contributed by atoms with Gasteiger partial charge in [0, 0.05) is 13.3 Å². The molecule has 20 heavy (non-hydrogen) atoms. The third-order valence-corrected chi connectivity index (χ3v) is 3.14. The lowest BCUT2D eigenvalue weighted by molar-refractivity contribution is 0.0371. The number of alkyl halides is 2. The van der Waals surface area contributed by atoms with Crippen molar-refractivity contribution in [1.82, 2.24) is 4.57 Å². The molecular weight excluding hydrogens is 298 g/mol. The molecule has 0 unspecified atom stereocenters. The summed E-state index contributed by atoms with van der Waals surface area (Å²) in [5.41, 5.74) is -0.314. The molecule has 1 heterocycles. The maximum Gasteiger partial charge on any atom is 0.355 e. The molecule has 1 aromatic rings. The van der Waals surface area contributed by atoms with Gasteiger partial charge in [-0.3, -0.25) is 0 Å². The van der Waals surface area contributed by atoms with Crippen LogP contribution in [0.2, 0.25) is 0 Å². The number of halogens is 2. The van der Waals surface area contributed by atoms with Gasteiger partial charge in [0.1, 0.15) is 17.2 Å². The van der Waals surface area contributed by atoms with Crippen LogP contribution in [0.3, 0.4) is 0 Å². The van der Waals surface area contributed by atoms with Crippen LogP contribution in [0.25, 0.3) is 0 Å². The molecule has 0 saturated carbocycles. The van der Waals surface area contributed by atoms with Crippen molar-refractivity contribution in [3.8, 4) is 0 Å². The largest absolute Gasteiger partial charge is 0.459 e. The number of sulfonamides is 1. The van der Waals surface area contributed by atoms with E-state index in [9.17, 15) is 22.0 Å². The molecule has 0 saturated heterocycles. The van der Waals surface area contributed by atoms with E-state index in [0.29, 0.717) is 0 Å². The lowest BCUT2D eigenvalue weighted by Gasteiger charge is -2.08. The molecule has 10 heteroatoms. The number of aromatic nitrogens is 1. The van der Waals surface area contributed by atoms with Crippen molar-refractivity contribution in [2.24, 2.45) is 5.14 Å². The smallest absolute Gasteiger partial charge is 0.355 e. The van der Waals surface area contributed by atoms with E-state index in [2.05, 4.69) is 4.74 Å². The van der Waals surface area contributed by atoms with E-state index in [4.69, 9.17) is 9.88 Å². The minimum atomic E-state index is -4.10. The molecule has 0 aliphatic rings. The summed E-state index contributed by atoms with van der Waals surface area (Å²) in [6, 6.07) is 0.896. The number of esters is 1. The second kappa shape index (κ2) is 6.77. The summed E-state index contributed by atoms with van der Waals surface area (Å²) in [7, 11) is -2.70. The van der Waals surface area contributed by atoms with Crippen LogP contribution in [-0.2, 0) is 26.0 Å². The van der Waals surface area contributed by atoms with Gasteiger partial charge >= 0.3 is 5.97 Å². The number of hydrogen-bond donors (Lipinski definition) is 1. The fraction of sp³-hybridized carbons (Fsp3) is 0.500. The number of methoxy groups -OCH3 is 1. The molecule has 1 rings (SSSR count). The van der Waals surface area contributed by atoms with Gasteiger partial charge in [-0.05, 0) is 6.07 Å². The van der Waals surface area contributed by atoms with Gasteiger partial charge in [-0.1, -0.05) is 0 Å². The van der Waals surface area contributed by atoms with Crippen LogP contribution in [-0.4, -0.2) is 45.7 Å². The summed E-state index contributed by atoms with van der Waals surface area (Å²) in [5, 5.41) is 4.89. The maximum atomic E-state index is 12.4. The van der Waals surface area contributed by atoms with Crippen molar-refractivity contribution in [3.05, 3.63) is 18.0 Å². The second-order valence-corrected chi connectivity index (χ2v) is 5.34. The molecule has 114 valence electrons. The lowest BCUT2D eigenvalue weighted by atomic mass is 10.4. The quantitative estimate of drug-likeness (QED) is 0.573. The molecule has 0 fully saturated rings. The Morgan fingerprint density at radius 1 is 1.45 bits per heavy atom. The van der Waals surface area contributed by atoms with Crippen molar-refractivity contribution in [2.75, 3.05) is 20.3 Å². The number of nitrogens with zero attached hydrogens (tertiary/aromatic N) is 1. The van der Waals surface area contributed by atoms with E-state index in [-0.39, 0.29) is 18.9 Å². The Morgan fingerprint density at radius 2 is 2.10 bits per heavy atom. The highest BCUT2D eigenvalue weighted by Gasteiger charge is 2.21. The number of carbonyl (C=O) groups excluding carboxylic acids is 1. The van der Waals surface area contributed by atoms with Gasteiger partial charge in [-0.15, -0.1) is 0 Å². The first-order valence-electron chi connectivity index (χ1n) is 5.43. The minimum Gasteiger partial charge on any atom is -0.459 e. The van der Waals surface area contributed by atoms with Crippen LogP contribution in [0.5, 0.6) is 0 Å². The highest BCUT2D eigenvalue weighted by molar-refractivity contribution is 7.89. The van der Waals surface area contributed by atoms with Crippen molar-refractivity contribution >= 4 is 16.0 Å². The first-order chi connectivity index (χ1) is 9.25. The standard InChI is InChI=1S/C10H14F2N2O5S/c1-18-2-3-19-10(15)8-4-7(20(13,16)17)5-14(8)6-9(11)12/h4-5,9H,2-3,6H2,1H3,(H2,13,16,17). The lowest BCUT2D eigenvalue weighted by Crippen LogP contribution is -2.16. The highest BCUT2D eigenvalue weighted by atomic mass is 32.2. The number of nitrogens with two attached hydrogens (primary N) is 1. The predicted octanol–water partition coefficient (Wildman–Crippen LogP) is 0.204. The molecule has 0 spiro atoms. The van der Waals surface area contributed by atoms with Crippen molar-refractivity contribution in [3.63, 3.8) is 0 Å². The van der Waals surface area contributed by atoms with Crippen LogP contribution < -0.4 is 5.14 Å². The summed E-state index contributed by atoms with van der Waals surface area (Å²) in [5.74, 6) is -0.933. The molecule has 0 aliphatic heterocycles. The molecule has 7 nitrogen and oxygen atoms in total. The average molecular weight is 312 g/mol. The molecule has 0 amide bonds. The van der Waals surface area contributed by atoms with E-state index < -0.39 is 33.9 Å². The van der Waals surface area contributed by atoms with Gasteiger partial charge < -0.3 is 14.0 Å². The molecule has 2 N–H and O–H groups in total. The third kappa shape index (κ3) is 4.54. The summed E-state index contributed by atoms with van der Waals surface area (Å²) >= 11 is 0. The first-order valence-corrected chi connectivity index (χ1v) is 6.97. The maximum absolute atomic E-state index is 12.4. The molecule has 0 aromatic carbocycles. The Labute approximate surface area is 114 Å². The third-order valence-electron chi connectivity index (χ3n) is 2.26. The average Bonchev–Trinajstić information content (AvgIpc) is 2.72. The summed E-state index contributed by atoms with van der Waals surface area (Å²) < 4.78 is 57.4. The van der Waals surface area contributed by atoms with Gasteiger partial charge in [0.2, 0.25) is 10.0 Å². The van der Waals surface area contributed by atoms with Crippen molar-refractivity contribution < 1.29 is 31.5 Å². The van der Waals surface area contributed by atoms with Crippen LogP contribution in [0.4, 0.5) is 8.78 Å². The molecule has 0 bridgehead atoms. The minimum absolute atomic E-state index is 0.0834. The zero-order chi connectivity index (χ0) is 15.3. The Hall–Kier alpha value is -1.52. The summed E-state index contributed by atoms with van der Waals surface area (Å²) in [6.45, 7) is -0.798. The van der Waals surface area contributed by atoms with E-state index >= 15 is 0 Å². The highest BCUT2D eigenvalue weighted by Crippen LogP contribution is 2.16. The van der Waals surface area contributed by atoms with Gasteiger partial charge in [0.05, 0.1) is 13.2 Å².